The zero-order valence-electron chi connectivity index (χ0n) is 17.1. The van der Waals surface area contributed by atoms with E-state index in [-0.39, 0.29) is 68.9 Å². The quantitative estimate of drug-likeness (QED) is 0.247. The van der Waals surface area contributed by atoms with Gasteiger partial charge >= 0.3 is 59.1 Å². The molecular formula is C21H14Na2O6S2. The molecular weight excluding hydrogens is 458 g/mol. The number of hydrogen-bond donors (Lipinski definition) is 0. The van der Waals surface area contributed by atoms with Crippen LogP contribution in [0.5, 0.6) is 0 Å². The average molecular weight is 472 g/mol. The van der Waals surface area contributed by atoms with E-state index in [1.807, 2.05) is 25.1 Å². The fourth-order valence-electron chi connectivity index (χ4n) is 3.48. The molecule has 0 atom stereocenters. The Morgan fingerprint density at radius 2 is 1.10 bits per heavy atom. The van der Waals surface area contributed by atoms with Crippen LogP contribution < -0.4 is 59.1 Å². The van der Waals surface area contributed by atoms with Gasteiger partial charge in [0.2, 0.25) is 0 Å². The Labute approximate surface area is 224 Å². The minimum Gasteiger partial charge on any atom is -0.744 e. The molecule has 0 saturated carbocycles. The van der Waals surface area contributed by atoms with Crippen LogP contribution in [0.15, 0.2) is 76.5 Å². The van der Waals surface area contributed by atoms with E-state index >= 15 is 0 Å². The van der Waals surface area contributed by atoms with Crippen molar-refractivity contribution in [2.45, 2.75) is 16.7 Å². The van der Waals surface area contributed by atoms with Gasteiger partial charge in [0.15, 0.2) is 0 Å². The van der Waals surface area contributed by atoms with Crippen molar-refractivity contribution in [3.05, 3.63) is 72.3 Å². The Morgan fingerprint density at radius 1 is 0.613 bits per heavy atom. The Kier molecular flexibility index (Phi) is 8.20. The summed E-state index contributed by atoms with van der Waals surface area (Å²) in [6.45, 7) is 1.90. The third-order valence-electron chi connectivity index (χ3n) is 4.96. The van der Waals surface area contributed by atoms with Crippen LogP contribution in [-0.4, -0.2) is 25.9 Å². The smallest absolute Gasteiger partial charge is 0.744 e. The minimum absolute atomic E-state index is 0. The van der Waals surface area contributed by atoms with Gasteiger partial charge in [0.25, 0.3) is 0 Å². The van der Waals surface area contributed by atoms with Gasteiger partial charge in [-0.3, -0.25) is 0 Å². The van der Waals surface area contributed by atoms with E-state index in [0.717, 1.165) is 27.5 Å². The maximum atomic E-state index is 11.2. The molecule has 0 N–H and O–H groups in total. The Hall–Kier alpha value is -0.780. The second kappa shape index (κ2) is 9.61. The summed E-state index contributed by atoms with van der Waals surface area (Å²) < 4.78 is 67.4. The molecule has 0 aliphatic rings. The van der Waals surface area contributed by atoms with Crippen molar-refractivity contribution < 1.29 is 85.1 Å². The van der Waals surface area contributed by atoms with Crippen LogP contribution in [0.25, 0.3) is 32.7 Å². The zero-order valence-corrected chi connectivity index (χ0v) is 22.7. The van der Waals surface area contributed by atoms with Crippen LogP contribution in [-0.2, 0) is 20.2 Å². The minimum atomic E-state index is -4.52. The normalized spacial score (nSPS) is 11.7. The van der Waals surface area contributed by atoms with Gasteiger partial charge in [-0.15, -0.1) is 0 Å². The van der Waals surface area contributed by atoms with E-state index in [1.165, 1.54) is 24.3 Å². The van der Waals surface area contributed by atoms with Crippen molar-refractivity contribution in [2.24, 2.45) is 0 Å². The largest absolute Gasteiger partial charge is 1.00 e. The van der Waals surface area contributed by atoms with Gasteiger partial charge in [-0.05, 0) is 75.5 Å². The molecule has 4 rings (SSSR count). The molecule has 0 aliphatic carbocycles. The standard InChI is InChI=1S/C21H16O6S2.2Na/c1-13-20(8-5-17-12-19(29(25,26)27)7-9-21(13)17)16-3-2-15-11-18(28(22,23)24)6-4-14(15)10-16;;/h2-12H,1H3,(H,22,23,24)(H,25,26,27);;/q;2*+1/p-2. The molecule has 0 heterocycles. The second-order valence-electron chi connectivity index (χ2n) is 6.75. The molecule has 0 bridgehead atoms. The first kappa shape index (κ1) is 26.5. The molecule has 0 radical (unpaired) electrons. The molecule has 0 spiro atoms. The molecule has 0 fully saturated rings. The summed E-state index contributed by atoms with van der Waals surface area (Å²) in [6.07, 6.45) is 0. The van der Waals surface area contributed by atoms with E-state index in [4.69, 9.17) is 0 Å². The van der Waals surface area contributed by atoms with Gasteiger partial charge in [-0.25, -0.2) is 16.8 Å². The maximum Gasteiger partial charge on any atom is 1.00 e. The average Bonchev–Trinajstić information content (AvgIpc) is 2.66. The van der Waals surface area contributed by atoms with Crippen LogP contribution in [0.3, 0.4) is 0 Å². The molecule has 0 saturated heterocycles. The molecule has 148 valence electrons. The SMILES string of the molecule is Cc1c(-c2ccc3cc(S(=O)(=O)[O-])ccc3c2)ccc2cc(S(=O)(=O)[O-])ccc12.[Na+].[Na+]. The molecule has 0 aliphatic heterocycles. The van der Waals surface area contributed by atoms with Crippen molar-refractivity contribution in [2.75, 3.05) is 0 Å². The molecule has 6 nitrogen and oxygen atoms in total. The Bertz CT molecular complexity index is 1510. The Balaban J connectivity index is 0.00000171. The fraction of sp³-hybridized carbons (Fsp3) is 0.0476. The van der Waals surface area contributed by atoms with E-state index in [9.17, 15) is 25.9 Å². The molecule has 0 aromatic heterocycles. The summed E-state index contributed by atoms with van der Waals surface area (Å²) in [6, 6.07) is 17.6. The van der Waals surface area contributed by atoms with Gasteiger partial charge in [-0.2, -0.15) is 0 Å². The van der Waals surface area contributed by atoms with Crippen molar-refractivity contribution in [3.63, 3.8) is 0 Å². The van der Waals surface area contributed by atoms with E-state index in [0.29, 0.717) is 10.8 Å². The topological polar surface area (TPSA) is 114 Å². The third-order valence-corrected chi connectivity index (χ3v) is 6.62. The fourth-order valence-corrected chi connectivity index (χ4v) is 4.49. The number of fused-ring (bicyclic) bond motifs is 2. The molecule has 10 heteroatoms. The number of aryl methyl sites for hydroxylation is 1. The van der Waals surface area contributed by atoms with Crippen molar-refractivity contribution in [1.82, 2.24) is 0 Å². The predicted octanol–water partition coefficient (Wildman–Crippen LogP) is -2.22. The van der Waals surface area contributed by atoms with E-state index < -0.39 is 20.2 Å². The molecule has 4 aromatic rings. The van der Waals surface area contributed by atoms with Crippen molar-refractivity contribution in [1.29, 1.82) is 0 Å². The molecule has 4 aromatic carbocycles. The van der Waals surface area contributed by atoms with Crippen molar-refractivity contribution in [3.8, 4) is 11.1 Å². The van der Waals surface area contributed by atoms with Gasteiger partial charge in [0, 0.05) is 0 Å². The number of benzene rings is 4. The second-order valence-corrected chi connectivity index (χ2v) is 9.51. The first-order valence-electron chi connectivity index (χ1n) is 8.53. The van der Waals surface area contributed by atoms with Crippen LogP contribution in [0.2, 0.25) is 0 Å². The van der Waals surface area contributed by atoms with Gasteiger partial charge < -0.3 is 9.11 Å². The first-order chi connectivity index (χ1) is 13.5. The monoisotopic (exact) mass is 472 g/mol. The van der Waals surface area contributed by atoms with E-state index in [2.05, 4.69) is 0 Å². The van der Waals surface area contributed by atoms with Crippen LogP contribution in [0, 0.1) is 6.92 Å². The Morgan fingerprint density at radius 3 is 1.71 bits per heavy atom. The van der Waals surface area contributed by atoms with Crippen molar-refractivity contribution >= 4 is 41.8 Å². The molecule has 31 heavy (non-hydrogen) atoms. The van der Waals surface area contributed by atoms with Gasteiger partial charge in [0.1, 0.15) is 20.2 Å². The molecule has 0 amide bonds. The zero-order chi connectivity index (χ0) is 21.0. The predicted molar refractivity (Wildman–Crippen MR) is 108 cm³/mol. The first-order valence-corrected chi connectivity index (χ1v) is 11.3. The van der Waals surface area contributed by atoms with Crippen LogP contribution in [0.1, 0.15) is 5.56 Å². The summed E-state index contributed by atoms with van der Waals surface area (Å²) in [7, 11) is -9.04. The summed E-state index contributed by atoms with van der Waals surface area (Å²) in [4.78, 5) is -0.546. The summed E-state index contributed by atoms with van der Waals surface area (Å²) >= 11 is 0. The summed E-state index contributed by atoms with van der Waals surface area (Å²) in [5.74, 6) is 0. The van der Waals surface area contributed by atoms with Gasteiger partial charge in [-0.1, -0.05) is 36.4 Å². The third kappa shape index (κ3) is 5.42. The number of hydrogen-bond acceptors (Lipinski definition) is 6. The van der Waals surface area contributed by atoms with Crippen LogP contribution in [0.4, 0.5) is 0 Å². The number of rotatable bonds is 3. The maximum absolute atomic E-state index is 11.2. The van der Waals surface area contributed by atoms with E-state index in [1.54, 1.807) is 24.3 Å². The van der Waals surface area contributed by atoms with Gasteiger partial charge in [0.05, 0.1) is 9.79 Å². The summed E-state index contributed by atoms with van der Waals surface area (Å²) in [5, 5.41) is 2.88. The molecule has 0 unspecified atom stereocenters. The van der Waals surface area contributed by atoms with Crippen LogP contribution >= 0.6 is 0 Å². The summed E-state index contributed by atoms with van der Waals surface area (Å²) in [5.41, 5.74) is 2.71.